The summed E-state index contributed by atoms with van der Waals surface area (Å²) in [5.41, 5.74) is 6.59. The molecule has 2 rings (SSSR count). The first-order chi connectivity index (χ1) is 13.3. The van der Waals surface area contributed by atoms with Crippen LogP contribution in [0.3, 0.4) is 0 Å². The molecule has 0 aliphatic heterocycles. The van der Waals surface area contributed by atoms with Gasteiger partial charge in [-0.1, -0.05) is 29.4 Å². The van der Waals surface area contributed by atoms with Crippen LogP contribution >= 0.6 is 0 Å². The third-order valence-corrected chi connectivity index (χ3v) is 3.79. The lowest BCUT2D eigenvalue weighted by Crippen LogP contribution is -2.38. The van der Waals surface area contributed by atoms with E-state index in [4.69, 9.17) is 20.8 Å². The Labute approximate surface area is 160 Å². The molecule has 146 valence electrons. The topological polar surface area (TPSA) is 151 Å². The van der Waals surface area contributed by atoms with Crippen LogP contribution in [-0.2, 0) is 4.79 Å². The van der Waals surface area contributed by atoms with E-state index in [9.17, 15) is 14.4 Å². The molecule has 1 amide bonds. The number of nitrogens with one attached hydrogen (secondary N) is 1. The lowest BCUT2D eigenvalue weighted by Gasteiger charge is -2.13. The highest BCUT2D eigenvalue weighted by atomic mass is 16.5. The van der Waals surface area contributed by atoms with Crippen molar-refractivity contribution in [3.8, 4) is 5.75 Å². The van der Waals surface area contributed by atoms with Crippen molar-refractivity contribution in [2.75, 3.05) is 6.61 Å². The third kappa shape index (κ3) is 5.31. The Morgan fingerprint density at radius 3 is 2.11 bits per heavy atom. The number of nitrogens with two attached hydrogens (primary N) is 1. The van der Waals surface area contributed by atoms with E-state index < -0.39 is 24.5 Å². The van der Waals surface area contributed by atoms with Crippen LogP contribution in [-0.4, -0.2) is 46.5 Å². The van der Waals surface area contributed by atoms with Gasteiger partial charge in [0, 0.05) is 16.7 Å². The Bertz CT molecular complexity index is 891. The summed E-state index contributed by atoms with van der Waals surface area (Å²) >= 11 is 0. The maximum absolute atomic E-state index is 12.5. The second-order valence-corrected chi connectivity index (χ2v) is 5.83. The number of hydrogen-bond donors (Lipinski definition) is 4. The summed E-state index contributed by atoms with van der Waals surface area (Å²) < 4.78 is 5.00. The number of benzene rings is 2. The molecule has 28 heavy (non-hydrogen) atoms. The highest BCUT2D eigenvalue weighted by Crippen LogP contribution is 2.13. The summed E-state index contributed by atoms with van der Waals surface area (Å²) in [7, 11) is 0. The fourth-order valence-corrected chi connectivity index (χ4v) is 2.31. The molecule has 0 aromatic heterocycles. The Balaban J connectivity index is 1.99. The number of carboxylic acids is 1. The normalized spacial score (nSPS) is 12.1. The van der Waals surface area contributed by atoms with Crippen LogP contribution in [0.15, 0.2) is 53.7 Å². The quantitative estimate of drug-likeness (QED) is 0.175. The monoisotopic (exact) mass is 385 g/mol. The number of nitrogens with zero attached hydrogens (tertiary/aromatic N) is 1. The molecule has 0 aliphatic carbocycles. The van der Waals surface area contributed by atoms with Gasteiger partial charge in [-0.2, -0.15) is 0 Å². The first kappa shape index (κ1) is 20.4. The van der Waals surface area contributed by atoms with Gasteiger partial charge >= 0.3 is 5.97 Å². The zero-order valence-electron chi connectivity index (χ0n) is 15.0. The number of amidine groups is 1. The third-order valence-electron chi connectivity index (χ3n) is 3.79. The average molecular weight is 385 g/mol. The van der Waals surface area contributed by atoms with E-state index in [2.05, 4.69) is 10.5 Å². The van der Waals surface area contributed by atoms with Crippen molar-refractivity contribution in [3.63, 3.8) is 0 Å². The first-order valence-corrected chi connectivity index (χ1v) is 8.19. The molecule has 9 nitrogen and oxygen atoms in total. The minimum Gasteiger partial charge on any atom is -0.482 e. The molecule has 2 aromatic carbocycles. The lowest BCUT2D eigenvalue weighted by molar-refractivity contribution is -0.139. The second-order valence-electron chi connectivity index (χ2n) is 5.83. The molecule has 0 saturated carbocycles. The number of ether oxygens (including phenoxy) is 1. The molecular formula is C19H19N3O6. The molecule has 9 heteroatoms. The van der Waals surface area contributed by atoms with Crippen molar-refractivity contribution < 1.29 is 29.4 Å². The number of carbonyl (C=O) groups excluding carboxylic acids is 2. The van der Waals surface area contributed by atoms with E-state index in [-0.39, 0.29) is 11.6 Å². The SMILES string of the molecule is CC(NC(=O)c1ccc(OCC(=O)O)cc1)C(=O)c1ccc(/C(N)=N\O)cc1. The molecule has 0 heterocycles. The minimum atomic E-state index is -1.10. The van der Waals surface area contributed by atoms with E-state index >= 15 is 0 Å². The van der Waals surface area contributed by atoms with Crippen molar-refractivity contribution in [1.29, 1.82) is 0 Å². The predicted octanol–water partition coefficient (Wildman–Crippen LogP) is 1.25. The molecule has 1 unspecified atom stereocenters. The predicted molar refractivity (Wildman–Crippen MR) is 99.8 cm³/mol. The fraction of sp³-hybridized carbons (Fsp3) is 0.158. The molecule has 0 bridgehead atoms. The van der Waals surface area contributed by atoms with Crippen molar-refractivity contribution in [3.05, 3.63) is 65.2 Å². The standard InChI is InChI=1S/C19H19N3O6/c1-11(17(25)12-2-4-13(5-3-12)18(20)22-27)21-19(26)14-6-8-15(9-7-14)28-10-16(23)24/h2-9,11,27H,10H2,1H3,(H2,20,22)(H,21,26)(H,23,24). The summed E-state index contributed by atoms with van der Waals surface area (Å²) in [5, 5.41) is 22.7. The number of Topliss-reactive ketones (excluding diaryl/α,β-unsaturated/α-hetero) is 1. The summed E-state index contributed by atoms with van der Waals surface area (Å²) in [4.78, 5) is 35.2. The average Bonchev–Trinajstić information content (AvgIpc) is 2.71. The van der Waals surface area contributed by atoms with E-state index in [1.807, 2.05) is 0 Å². The number of oxime groups is 1. The van der Waals surface area contributed by atoms with Crippen molar-refractivity contribution in [2.24, 2.45) is 10.9 Å². The van der Waals surface area contributed by atoms with Gasteiger partial charge in [-0.25, -0.2) is 4.79 Å². The zero-order chi connectivity index (χ0) is 20.7. The van der Waals surface area contributed by atoms with Crippen LogP contribution in [0, 0.1) is 0 Å². The molecule has 1 atom stereocenters. The van der Waals surface area contributed by atoms with E-state index in [1.165, 1.54) is 48.5 Å². The maximum Gasteiger partial charge on any atom is 0.341 e. The highest BCUT2D eigenvalue weighted by molar-refractivity contribution is 6.05. The molecular weight excluding hydrogens is 366 g/mol. The van der Waals surface area contributed by atoms with E-state index in [1.54, 1.807) is 6.92 Å². The molecule has 0 spiro atoms. The van der Waals surface area contributed by atoms with Crippen molar-refractivity contribution >= 4 is 23.5 Å². The molecule has 5 N–H and O–H groups in total. The van der Waals surface area contributed by atoms with Crippen LogP contribution < -0.4 is 15.8 Å². The summed E-state index contributed by atoms with van der Waals surface area (Å²) in [5.74, 6) is -1.63. The maximum atomic E-state index is 12.5. The molecule has 0 fully saturated rings. The summed E-state index contributed by atoms with van der Waals surface area (Å²) in [6, 6.07) is 11.2. The summed E-state index contributed by atoms with van der Waals surface area (Å²) in [6.07, 6.45) is 0. The molecule has 0 radical (unpaired) electrons. The van der Waals surface area contributed by atoms with Gasteiger partial charge in [0.2, 0.25) is 0 Å². The number of rotatable bonds is 8. The van der Waals surface area contributed by atoms with Gasteiger partial charge in [0.25, 0.3) is 5.91 Å². The Hall–Kier alpha value is -3.88. The second kappa shape index (κ2) is 9.17. The first-order valence-electron chi connectivity index (χ1n) is 8.19. The van der Waals surface area contributed by atoms with Gasteiger partial charge in [-0.05, 0) is 31.2 Å². The Kier molecular flexibility index (Phi) is 6.69. The van der Waals surface area contributed by atoms with E-state index in [0.717, 1.165) is 0 Å². The Morgan fingerprint density at radius 2 is 1.57 bits per heavy atom. The largest absolute Gasteiger partial charge is 0.482 e. The van der Waals surface area contributed by atoms with Crippen LogP contribution in [0.4, 0.5) is 0 Å². The van der Waals surface area contributed by atoms with Crippen LogP contribution in [0.1, 0.15) is 33.2 Å². The lowest BCUT2D eigenvalue weighted by atomic mass is 10.0. The minimum absolute atomic E-state index is 0.0730. The number of hydrogen-bond acceptors (Lipinski definition) is 6. The fourth-order valence-electron chi connectivity index (χ4n) is 2.31. The van der Waals surface area contributed by atoms with Gasteiger partial charge in [-0.3, -0.25) is 9.59 Å². The van der Waals surface area contributed by atoms with Crippen LogP contribution in [0.25, 0.3) is 0 Å². The number of aliphatic carboxylic acids is 1. The van der Waals surface area contributed by atoms with Gasteiger partial charge in [0.1, 0.15) is 5.75 Å². The van der Waals surface area contributed by atoms with Gasteiger partial charge in [0.15, 0.2) is 18.2 Å². The number of carbonyl (C=O) groups is 3. The van der Waals surface area contributed by atoms with Gasteiger partial charge in [0.05, 0.1) is 6.04 Å². The smallest absolute Gasteiger partial charge is 0.341 e. The summed E-state index contributed by atoms with van der Waals surface area (Å²) in [6.45, 7) is 1.08. The zero-order valence-corrected chi connectivity index (χ0v) is 15.0. The number of carboxylic acid groups (broad SMARTS) is 1. The van der Waals surface area contributed by atoms with E-state index in [0.29, 0.717) is 22.4 Å². The molecule has 0 saturated heterocycles. The van der Waals surface area contributed by atoms with Gasteiger partial charge in [-0.15, -0.1) is 0 Å². The molecule has 2 aromatic rings. The Morgan fingerprint density at radius 1 is 1.04 bits per heavy atom. The highest BCUT2D eigenvalue weighted by Gasteiger charge is 2.18. The van der Waals surface area contributed by atoms with Crippen LogP contribution in [0.5, 0.6) is 5.75 Å². The van der Waals surface area contributed by atoms with Crippen molar-refractivity contribution in [2.45, 2.75) is 13.0 Å². The number of ketones is 1. The van der Waals surface area contributed by atoms with Crippen molar-refractivity contribution in [1.82, 2.24) is 5.32 Å². The van der Waals surface area contributed by atoms with Gasteiger partial charge < -0.3 is 26.1 Å². The van der Waals surface area contributed by atoms with Crippen LogP contribution in [0.2, 0.25) is 0 Å². The number of amides is 1. The molecule has 0 aliphatic rings.